The van der Waals surface area contributed by atoms with Crippen molar-refractivity contribution in [1.29, 1.82) is 0 Å². The third-order valence-corrected chi connectivity index (χ3v) is 4.65. The van der Waals surface area contributed by atoms with E-state index in [1.807, 2.05) is 25.3 Å². The number of aromatic amines is 1. The predicted molar refractivity (Wildman–Crippen MR) is 107 cm³/mol. The van der Waals surface area contributed by atoms with Crippen LogP contribution in [0.25, 0.3) is 5.57 Å². The van der Waals surface area contributed by atoms with Gasteiger partial charge in [0.2, 0.25) is 0 Å². The minimum Gasteiger partial charge on any atom is -0.478 e. The smallest absolute Gasteiger partial charge is 0.328 e. The summed E-state index contributed by atoms with van der Waals surface area (Å²) in [5, 5.41) is 8.72. The molecule has 0 saturated carbocycles. The summed E-state index contributed by atoms with van der Waals surface area (Å²) < 4.78 is 0. The number of hydrogen-bond donors (Lipinski definition) is 2. The molecule has 0 aliphatic heterocycles. The van der Waals surface area contributed by atoms with Crippen LogP contribution in [0, 0.1) is 5.41 Å². The summed E-state index contributed by atoms with van der Waals surface area (Å²) in [5.74, 6) is 0.0399. The number of rotatable bonds is 6. The van der Waals surface area contributed by atoms with Gasteiger partial charge < -0.3 is 10.1 Å². The van der Waals surface area contributed by atoms with Crippen molar-refractivity contribution in [3.05, 3.63) is 71.4 Å². The molecule has 4 heteroatoms. The van der Waals surface area contributed by atoms with Crippen molar-refractivity contribution in [2.75, 3.05) is 0 Å². The van der Waals surface area contributed by atoms with Crippen LogP contribution in [0.15, 0.2) is 65.6 Å². The Morgan fingerprint density at radius 2 is 2.04 bits per heavy atom. The van der Waals surface area contributed by atoms with E-state index in [1.54, 1.807) is 19.2 Å². The molecule has 1 aromatic heterocycles. The molecule has 1 aliphatic rings. The van der Waals surface area contributed by atoms with E-state index in [9.17, 15) is 4.79 Å². The average molecular weight is 352 g/mol. The minimum absolute atomic E-state index is 0.119. The van der Waals surface area contributed by atoms with E-state index in [0.29, 0.717) is 5.57 Å². The first-order chi connectivity index (χ1) is 12.3. The number of carboxylic acids is 1. The van der Waals surface area contributed by atoms with Crippen molar-refractivity contribution in [2.45, 2.75) is 47.0 Å². The van der Waals surface area contributed by atoms with Gasteiger partial charge in [0.1, 0.15) is 5.82 Å². The van der Waals surface area contributed by atoms with E-state index in [2.05, 4.69) is 36.0 Å². The third kappa shape index (κ3) is 5.45. The van der Waals surface area contributed by atoms with Crippen molar-refractivity contribution in [1.82, 2.24) is 9.97 Å². The normalized spacial score (nSPS) is 18.9. The first-order valence-electron chi connectivity index (χ1n) is 8.97. The largest absolute Gasteiger partial charge is 0.478 e. The fourth-order valence-corrected chi connectivity index (χ4v) is 3.25. The van der Waals surface area contributed by atoms with Crippen LogP contribution in [-0.2, 0) is 4.79 Å². The summed E-state index contributed by atoms with van der Waals surface area (Å²) in [6.45, 7) is 8.39. The number of carboxylic acid groups (broad SMARTS) is 1. The fourth-order valence-electron chi connectivity index (χ4n) is 3.25. The minimum atomic E-state index is -0.926. The molecular formula is C22H28N2O2. The van der Waals surface area contributed by atoms with Gasteiger partial charge in [0.15, 0.2) is 0 Å². The van der Waals surface area contributed by atoms with Gasteiger partial charge in [0.25, 0.3) is 0 Å². The molecule has 1 aliphatic carbocycles. The molecule has 138 valence electrons. The Bertz CT molecular complexity index is 788. The molecule has 1 aromatic rings. The molecule has 0 fully saturated rings. The highest BCUT2D eigenvalue weighted by Gasteiger charge is 2.29. The number of imidazole rings is 1. The van der Waals surface area contributed by atoms with Crippen LogP contribution >= 0.6 is 0 Å². The van der Waals surface area contributed by atoms with Crippen LogP contribution in [-0.4, -0.2) is 21.0 Å². The molecule has 2 N–H and O–H groups in total. The second-order valence-electron chi connectivity index (χ2n) is 7.40. The maximum absolute atomic E-state index is 10.6. The molecule has 26 heavy (non-hydrogen) atoms. The lowest BCUT2D eigenvalue weighted by atomic mass is 9.72. The topological polar surface area (TPSA) is 66.0 Å². The molecule has 0 spiro atoms. The zero-order chi connectivity index (χ0) is 19.2. The molecular weight excluding hydrogens is 324 g/mol. The number of nitrogens with one attached hydrogen (secondary N) is 1. The molecule has 0 atom stereocenters. The van der Waals surface area contributed by atoms with E-state index < -0.39 is 5.97 Å². The highest BCUT2D eigenvalue weighted by molar-refractivity contribution is 5.81. The number of carbonyl (C=O) groups is 1. The van der Waals surface area contributed by atoms with Gasteiger partial charge >= 0.3 is 5.97 Å². The van der Waals surface area contributed by atoms with Crippen molar-refractivity contribution in [3.8, 4) is 0 Å². The number of hydrogen-bond acceptors (Lipinski definition) is 2. The van der Waals surface area contributed by atoms with Gasteiger partial charge in [-0.2, -0.15) is 0 Å². The van der Waals surface area contributed by atoms with Crippen LogP contribution in [0.5, 0.6) is 0 Å². The van der Waals surface area contributed by atoms with Gasteiger partial charge in [-0.3, -0.25) is 0 Å². The zero-order valence-corrected chi connectivity index (χ0v) is 16.0. The van der Waals surface area contributed by atoms with Crippen molar-refractivity contribution in [2.24, 2.45) is 5.41 Å². The predicted octanol–water partition coefficient (Wildman–Crippen LogP) is 5.46. The Kier molecular flexibility index (Phi) is 6.56. The van der Waals surface area contributed by atoms with Gasteiger partial charge in [-0.1, -0.05) is 49.8 Å². The van der Waals surface area contributed by atoms with Gasteiger partial charge in [0, 0.05) is 18.5 Å². The summed E-state index contributed by atoms with van der Waals surface area (Å²) in [4.78, 5) is 18.3. The lowest BCUT2D eigenvalue weighted by Crippen LogP contribution is -2.19. The van der Waals surface area contributed by atoms with E-state index in [0.717, 1.165) is 17.8 Å². The van der Waals surface area contributed by atoms with Crippen LogP contribution in [0.2, 0.25) is 0 Å². The standard InChI is InChI=1S/C22H28N2O2/c1-16(7-5-8-17(2)15-20(25)26)10-11-19-18(21-23-13-14-24-21)9-6-12-22(19,3)4/h5,7-8,10-11,13-15H,6,9,12H2,1-4H3,(H,23,24)(H,25,26)/b8-5+,11-10+,16-7+,17-15+. The average Bonchev–Trinajstić information content (AvgIpc) is 3.06. The number of H-pyrrole nitrogens is 1. The van der Waals surface area contributed by atoms with Gasteiger partial charge in [0.05, 0.1) is 0 Å². The van der Waals surface area contributed by atoms with Gasteiger partial charge in [-0.05, 0) is 55.2 Å². The Hall–Kier alpha value is -2.62. The van der Waals surface area contributed by atoms with E-state index >= 15 is 0 Å². The first kappa shape index (κ1) is 19.7. The van der Waals surface area contributed by atoms with E-state index in [-0.39, 0.29) is 5.41 Å². The Morgan fingerprint density at radius 1 is 1.27 bits per heavy atom. The first-order valence-corrected chi connectivity index (χ1v) is 8.97. The molecule has 2 rings (SSSR count). The highest BCUT2D eigenvalue weighted by Crippen LogP contribution is 2.43. The number of allylic oxidation sites excluding steroid dienone is 9. The SMILES string of the molecule is CC(/C=C/C1=C(c2ncc[nH]2)CCCC1(C)C)=C\C=C\C(C)=C\C(=O)O. The summed E-state index contributed by atoms with van der Waals surface area (Å²) in [7, 11) is 0. The van der Waals surface area contributed by atoms with Crippen molar-refractivity contribution < 1.29 is 9.90 Å². The molecule has 0 radical (unpaired) electrons. The lowest BCUT2D eigenvalue weighted by molar-refractivity contribution is -0.131. The van der Waals surface area contributed by atoms with Crippen LogP contribution in [0.1, 0.15) is 52.8 Å². The second-order valence-corrected chi connectivity index (χ2v) is 7.40. The number of nitrogens with zero attached hydrogens (tertiary/aromatic N) is 1. The number of aromatic nitrogens is 2. The fraction of sp³-hybridized carbons (Fsp3) is 0.364. The molecule has 0 bridgehead atoms. The quantitative estimate of drug-likeness (QED) is 0.527. The molecule has 0 aromatic carbocycles. The van der Waals surface area contributed by atoms with Crippen molar-refractivity contribution >= 4 is 11.5 Å². The highest BCUT2D eigenvalue weighted by atomic mass is 16.4. The van der Waals surface area contributed by atoms with E-state index in [4.69, 9.17) is 5.11 Å². The van der Waals surface area contributed by atoms with Crippen LogP contribution < -0.4 is 0 Å². The van der Waals surface area contributed by atoms with E-state index in [1.165, 1.54) is 30.1 Å². The maximum atomic E-state index is 10.6. The van der Waals surface area contributed by atoms with Crippen LogP contribution in [0.4, 0.5) is 0 Å². The molecule has 0 amide bonds. The second kappa shape index (κ2) is 8.65. The van der Waals surface area contributed by atoms with Gasteiger partial charge in [-0.25, -0.2) is 9.78 Å². The lowest BCUT2D eigenvalue weighted by Gasteiger charge is -2.33. The maximum Gasteiger partial charge on any atom is 0.328 e. The third-order valence-electron chi connectivity index (χ3n) is 4.65. The Balaban J connectivity index is 2.23. The van der Waals surface area contributed by atoms with Crippen LogP contribution in [0.3, 0.4) is 0 Å². The summed E-state index contributed by atoms with van der Waals surface area (Å²) in [6.07, 6.45) is 18.2. The summed E-state index contributed by atoms with van der Waals surface area (Å²) in [6, 6.07) is 0. The summed E-state index contributed by atoms with van der Waals surface area (Å²) in [5.41, 5.74) is 4.57. The van der Waals surface area contributed by atoms with Crippen molar-refractivity contribution in [3.63, 3.8) is 0 Å². The Labute approximate surface area is 155 Å². The zero-order valence-electron chi connectivity index (χ0n) is 16.0. The molecule has 0 unspecified atom stereocenters. The molecule has 0 saturated heterocycles. The Morgan fingerprint density at radius 3 is 2.69 bits per heavy atom. The molecule has 1 heterocycles. The summed E-state index contributed by atoms with van der Waals surface area (Å²) >= 11 is 0. The monoisotopic (exact) mass is 352 g/mol. The number of aliphatic carboxylic acids is 1. The van der Waals surface area contributed by atoms with Gasteiger partial charge in [-0.15, -0.1) is 0 Å². The molecule has 4 nitrogen and oxygen atoms in total.